The molecule has 244 valence electrons. The van der Waals surface area contributed by atoms with Gasteiger partial charge >= 0.3 is 5.97 Å². The lowest BCUT2D eigenvalue weighted by molar-refractivity contribution is -0.148. The summed E-state index contributed by atoms with van der Waals surface area (Å²) in [6.45, 7) is 4.06. The minimum Gasteiger partial charge on any atom is -0.459 e. The number of aliphatic hydroxyl groups excluding tert-OH is 1. The van der Waals surface area contributed by atoms with Gasteiger partial charge in [-0.05, 0) is 24.0 Å². The Morgan fingerprint density at radius 2 is 1.27 bits per heavy atom. The average Bonchev–Trinajstić information content (AvgIpc) is 3.01. The molecule has 0 heterocycles. The molecule has 14 nitrogen and oxygen atoms in total. The Bertz CT molecular complexity index is 1310. The minimum atomic E-state index is -1.48. The smallest absolute Gasteiger partial charge is 0.328 e. The number of carbonyl (C=O) groups excluding carboxylic acids is 6. The Balaban J connectivity index is 2.18. The minimum absolute atomic E-state index is 0.0168. The summed E-state index contributed by atoms with van der Waals surface area (Å²) in [6.07, 6.45) is -0.540. The van der Waals surface area contributed by atoms with Crippen molar-refractivity contribution in [3.63, 3.8) is 0 Å². The largest absolute Gasteiger partial charge is 0.459 e. The molecule has 0 unspecified atom stereocenters. The third-order valence-corrected chi connectivity index (χ3v) is 6.67. The molecule has 0 bridgehead atoms. The monoisotopic (exact) mass is 626 g/mol. The molecule has 0 fully saturated rings. The maximum atomic E-state index is 13.5. The molecule has 0 saturated heterocycles. The number of amides is 5. The van der Waals surface area contributed by atoms with Gasteiger partial charge in [0.05, 0.1) is 13.0 Å². The summed E-state index contributed by atoms with van der Waals surface area (Å²) < 4.78 is 5.31. The van der Waals surface area contributed by atoms with Gasteiger partial charge in [-0.15, -0.1) is 0 Å². The van der Waals surface area contributed by atoms with Crippen molar-refractivity contribution in [3.8, 4) is 0 Å². The molecule has 0 aromatic heterocycles. The molecule has 9 N–H and O–H groups in total. The summed E-state index contributed by atoms with van der Waals surface area (Å²) in [5, 5.41) is 19.1. The average molecular weight is 627 g/mol. The first-order chi connectivity index (χ1) is 21.3. The lowest BCUT2D eigenvalue weighted by atomic mass is 10.00. The molecule has 0 spiro atoms. The molecule has 5 amide bonds. The van der Waals surface area contributed by atoms with Crippen LogP contribution in [-0.4, -0.2) is 77.4 Å². The van der Waals surface area contributed by atoms with Gasteiger partial charge in [-0.2, -0.15) is 0 Å². The molecule has 0 saturated carbocycles. The van der Waals surface area contributed by atoms with E-state index in [1.165, 1.54) is 6.92 Å². The maximum Gasteiger partial charge on any atom is 0.328 e. The molecule has 5 atom stereocenters. The van der Waals surface area contributed by atoms with E-state index in [-0.39, 0.29) is 13.0 Å². The van der Waals surface area contributed by atoms with Crippen LogP contribution in [0, 0.1) is 5.92 Å². The zero-order valence-electron chi connectivity index (χ0n) is 25.5. The number of rotatable bonds is 17. The van der Waals surface area contributed by atoms with Crippen LogP contribution in [0.3, 0.4) is 0 Å². The van der Waals surface area contributed by atoms with Gasteiger partial charge in [-0.3, -0.25) is 24.0 Å². The maximum absolute atomic E-state index is 13.5. The second-order valence-electron chi connectivity index (χ2n) is 10.8. The van der Waals surface area contributed by atoms with Crippen LogP contribution >= 0.6 is 0 Å². The highest BCUT2D eigenvalue weighted by Crippen LogP contribution is 2.09. The SMILES string of the molecule is CC(C)[C@H](NC(=O)[C@@H](CC(N)=O)NC(=O)[C@@H](N)CO)C(=O)N[C@@H](Cc1ccccc1)C(=O)N[C@@H](C)C(=O)OCc1ccccc1. The summed E-state index contributed by atoms with van der Waals surface area (Å²) in [7, 11) is 0. The fourth-order valence-electron chi connectivity index (χ4n) is 4.11. The second kappa shape index (κ2) is 18.1. The lowest BCUT2D eigenvalue weighted by Gasteiger charge is -2.28. The summed E-state index contributed by atoms with van der Waals surface area (Å²) in [5.41, 5.74) is 12.2. The van der Waals surface area contributed by atoms with Crippen molar-refractivity contribution in [1.82, 2.24) is 21.3 Å². The van der Waals surface area contributed by atoms with Crippen LogP contribution in [0.5, 0.6) is 0 Å². The van der Waals surface area contributed by atoms with E-state index in [0.717, 1.165) is 5.56 Å². The van der Waals surface area contributed by atoms with Gasteiger partial charge in [-0.25, -0.2) is 4.79 Å². The third kappa shape index (κ3) is 12.4. The summed E-state index contributed by atoms with van der Waals surface area (Å²) in [6, 6.07) is 11.6. The van der Waals surface area contributed by atoms with Gasteiger partial charge in [-0.1, -0.05) is 74.5 Å². The Labute approximate surface area is 261 Å². The van der Waals surface area contributed by atoms with Crippen molar-refractivity contribution in [2.24, 2.45) is 17.4 Å². The Kier molecular flexibility index (Phi) is 14.6. The van der Waals surface area contributed by atoms with Crippen LogP contribution in [0.15, 0.2) is 60.7 Å². The number of primary amides is 1. The van der Waals surface area contributed by atoms with Crippen molar-refractivity contribution >= 4 is 35.5 Å². The first-order valence-corrected chi connectivity index (χ1v) is 14.4. The predicted molar refractivity (Wildman–Crippen MR) is 163 cm³/mol. The number of hydrogen-bond acceptors (Lipinski definition) is 9. The zero-order valence-corrected chi connectivity index (χ0v) is 25.5. The van der Waals surface area contributed by atoms with Gasteiger partial charge in [0, 0.05) is 6.42 Å². The first-order valence-electron chi connectivity index (χ1n) is 14.4. The third-order valence-electron chi connectivity index (χ3n) is 6.67. The van der Waals surface area contributed by atoms with Gasteiger partial charge < -0.3 is 42.6 Å². The summed E-state index contributed by atoms with van der Waals surface area (Å²) >= 11 is 0. The fraction of sp³-hybridized carbons (Fsp3) is 0.419. The van der Waals surface area contributed by atoms with E-state index < -0.39 is 84.7 Å². The Morgan fingerprint density at radius 1 is 0.733 bits per heavy atom. The molecule has 45 heavy (non-hydrogen) atoms. The van der Waals surface area contributed by atoms with E-state index in [9.17, 15) is 28.8 Å². The zero-order chi connectivity index (χ0) is 33.5. The van der Waals surface area contributed by atoms with Crippen molar-refractivity contribution in [1.29, 1.82) is 0 Å². The predicted octanol–water partition coefficient (Wildman–Crippen LogP) is -1.22. The molecular weight excluding hydrogens is 584 g/mol. The van der Waals surface area contributed by atoms with E-state index in [1.807, 2.05) is 6.07 Å². The number of nitrogens with two attached hydrogens (primary N) is 2. The first kappa shape index (κ1) is 36.4. The highest BCUT2D eigenvalue weighted by atomic mass is 16.5. The molecule has 2 rings (SSSR count). The Morgan fingerprint density at radius 3 is 1.80 bits per heavy atom. The summed E-state index contributed by atoms with van der Waals surface area (Å²) in [5.74, 6) is -5.29. The molecule has 2 aromatic rings. The number of carbonyl (C=O) groups is 6. The normalized spacial score (nSPS) is 14.2. The highest BCUT2D eigenvalue weighted by molar-refractivity contribution is 5.97. The molecule has 0 aliphatic rings. The van der Waals surface area contributed by atoms with Crippen molar-refractivity contribution in [3.05, 3.63) is 71.8 Å². The van der Waals surface area contributed by atoms with E-state index in [2.05, 4.69) is 21.3 Å². The van der Waals surface area contributed by atoms with Crippen LogP contribution in [0.2, 0.25) is 0 Å². The summed E-state index contributed by atoms with van der Waals surface area (Å²) in [4.78, 5) is 76.3. The van der Waals surface area contributed by atoms with E-state index in [4.69, 9.17) is 21.3 Å². The number of esters is 1. The number of ether oxygens (including phenoxy) is 1. The quantitative estimate of drug-likeness (QED) is 0.104. The van der Waals surface area contributed by atoms with Crippen LogP contribution in [0.25, 0.3) is 0 Å². The molecular formula is C31H42N6O8. The van der Waals surface area contributed by atoms with Crippen LogP contribution in [-0.2, 0) is 46.5 Å². The van der Waals surface area contributed by atoms with Gasteiger partial charge in [0.25, 0.3) is 0 Å². The number of hydrogen-bond donors (Lipinski definition) is 7. The number of benzene rings is 2. The topological polar surface area (TPSA) is 232 Å². The number of nitrogens with one attached hydrogen (secondary N) is 4. The van der Waals surface area contributed by atoms with Crippen molar-refractivity contribution < 1.29 is 38.6 Å². The van der Waals surface area contributed by atoms with Crippen molar-refractivity contribution in [2.75, 3.05) is 6.61 Å². The standard InChI is InChI=1S/C31H42N6O8/c1-18(2)26(37-29(42)24(15-25(33)39)35-27(40)22(32)16-38)30(43)36-23(14-20-10-6-4-7-11-20)28(41)34-19(3)31(44)45-17-21-12-8-5-9-13-21/h4-13,18-19,22-24,26,38H,14-17,32H2,1-3H3,(H2,33,39)(H,34,41)(H,35,40)(H,36,43)(H,37,42)/t19-,22-,23-,24+,26-/m0/s1. The van der Waals surface area contributed by atoms with Gasteiger partial charge in [0.15, 0.2) is 0 Å². The highest BCUT2D eigenvalue weighted by Gasteiger charge is 2.33. The van der Waals surface area contributed by atoms with Gasteiger partial charge in [0.2, 0.25) is 29.5 Å². The van der Waals surface area contributed by atoms with Crippen molar-refractivity contribution in [2.45, 2.75) is 70.4 Å². The van der Waals surface area contributed by atoms with E-state index >= 15 is 0 Å². The fourth-order valence-corrected chi connectivity index (χ4v) is 4.11. The molecule has 14 heteroatoms. The van der Waals surface area contributed by atoms with Crippen LogP contribution in [0.1, 0.15) is 38.3 Å². The second-order valence-corrected chi connectivity index (χ2v) is 10.8. The lowest BCUT2D eigenvalue weighted by Crippen LogP contribution is -2.60. The van der Waals surface area contributed by atoms with E-state index in [1.54, 1.807) is 68.4 Å². The Hall–Kier alpha value is -4.82. The molecule has 0 radical (unpaired) electrons. The van der Waals surface area contributed by atoms with Crippen LogP contribution in [0.4, 0.5) is 0 Å². The van der Waals surface area contributed by atoms with E-state index in [0.29, 0.717) is 5.56 Å². The molecule has 0 aliphatic carbocycles. The van der Waals surface area contributed by atoms with Gasteiger partial charge in [0.1, 0.15) is 36.8 Å². The molecule has 0 aliphatic heterocycles. The molecule has 2 aromatic carbocycles. The number of aliphatic hydroxyl groups is 1. The van der Waals surface area contributed by atoms with Crippen LogP contribution < -0.4 is 32.7 Å².